The largest absolute Gasteiger partial charge is 0.444 e. The molecule has 0 spiro atoms. The number of nitrogens with one attached hydrogen (secondary N) is 2. The van der Waals surface area contributed by atoms with Gasteiger partial charge in [0.05, 0.1) is 11.9 Å². The van der Waals surface area contributed by atoms with Gasteiger partial charge >= 0.3 is 6.09 Å². The maximum Gasteiger partial charge on any atom is 0.413 e. The number of amides is 1. The predicted octanol–water partition coefficient (Wildman–Crippen LogP) is 3.89. The van der Waals surface area contributed by atoms with E-state index in [1.807, 2.05) is 26.8 Å². The lowest BCUT2D eigenvalue weighted by Gasteiger charge is -2.20. The molecule has 0 unspecified atom stereocenters. The van der Waals surface area contributed by atoms with Gasteiger partial charge in [-0.25, -0.2) is 9.78 Å². The Bertz CT molecular complexity index is 442. The highest BCUT2D eigenvalue weighted by Crippen LogP contribution is 2.16. The molecule has 1 rings (SSSR count). The number of carbonyl (C=O) groups is 1. The Labute approximate surface area is 121 Å². The van der Waals surface area contributed by atoms with Crippen molar-refractivity contribution in [1.29, 1.82) is 0 Å². The van der Waals surface area contributed by atoms with Gasteiger partial charge in [0.2, 0.25) is 0 Å². The van der Waals surface area contributed by atoms with E-state index in [1.54, 1.807) is 12.3 Å². The molecule has 0 aliphatic rings. The molecule has 0 atom stereocenters. The van der Waals surface area contributed by atoms with Gasteiger partial charge in [-0.3, -0.25) is 5.32 Å². The lowest BCUT2D eigenvalue weighted by atomic mass is 9.97. The van der Waals surface area contributed by atoms with Crippen molar-refractivity contribution in [2.45, 2.75) is 47.1 Å². The maximum absolute atomic E-state index is 11.6. The first-order valence-corrected chi connectivity index (χ1v) is 6.75. The van der Waals surface area contributed by atoms with Crippen LogP contribution in [0.2, 0.25) is 0 Å². The standard InChI is InChI=1S/C15H25N3O2/c1-14(2,3)10-17-11-7-8-12(16-9-11)18-13(19)20-15(4,5)6/h7-9,17H,10H2,1-6H3,(H,16,18,19). The molecule has 1 aromatic heterocycles. The van der Waals surface area contributed by atoms with Crippen molar-refractivity contribution < 1.29 is 9.53 Å². The molecule has 2 N–H and O–H groups in total. The number of nitrogens with zero attached hydrogens (tertiary/aromatic N) is 1. The monoisotopic (exact) mass is 279 g/mol. The van der Waals surface area contributed by atoms with E-state index >= 15 is 0 Å². The number of ether oxygens (including phenoxy) is 1. The fourth-order valence-corrected chi connectivity index (χ4v) is 1.35. The number of hydrogen-bond donors (Lipinski definition) is 2. The van der Waals surface area contributed by atoms with Crippen LogP contribution in [0.3, 0.4) is 0 Å². The first kappa shape index (κ1) is 16.3. The highest BCUT2D eigenvalue weighted by Gasteiger charge is 2.16. The molecular weight excluding hydrogens is 254 g/mol. The molecule has 0 aliphatic heterocycles. The van der Waals surface area contributed by atoms with E-state index in [-0.39, 0.29) is 5.41 Å². The van der Waals surface area contributed by atoms with E-state index in [1.165, 1.54) is 0 Å². The minimum Gasteiger partial charge on any atom is -0.444 e. The topological polar surface area (TPSA) is 63.2 Å². The van der Waals surface area contributed by atoms with Crippen molar-refractivity contribution in [2.24, 2.45) is 5.41 Å². The zero-order chi connectivity index (χ0) is 15.4. The highest BCUT2D eigenvalue weighted by molar-refractivity contribution is 5.83. The molecule has 0 aliphatic carbocycles. The molecule has 5 nitrogen and oxygen atoms in total. The summed E-state index contributed by atoms with van der Waals surface area (Å²) < 4.78 is 5.16. The minimum atomic E-state index is -0.516. The van der Waals surface area contributed by atoms with Crippen molar-refractivity contribution >= 4 is 17.6 Å². The van der Waals surface area contributed by atoms with Crippen LogP contribution in [0.15, 0.2) is 18.3 Å². The van der Waals surface area contributed by atoms with Gasteiger partial charge in [0.15, 0.2) is 0 Å². The van der Waals surface area contributed by atoms with Gasteiger partial charge in [-0.2, -0.15) is 0 Å². The Morgan fingerprint density at radius 3 is 2.30 bits per heavy atom. The van der Waals surface area contributed by atoms with Crippen LogP contribution in [0.25, 0.3) is 0 Å². The summed E-state index contributed by atoms with van der Waals surface area (Å²) in [5.74, 6) is 0.473. The van der Waals surface area contributed by atoms with Gasteiger partial charge in [0, 0.05) is 6.54 Å². The molecule has 1 heterocycles. The summed E-state index contributed by atoms with van der Waals surface area (Å²) in [5.41, 5.74) is 0.612. The molecule has 20 heavy (non-hydrogen) atoms. The fraction of sp³-hybridized carbons (Fsp3) is 0.600. The van der Waals surface area contributed by atoms with E-state index in [0.29, 0.717) is 5.82 Å². The molecule has 0 saturated carbocycles. The van der Waals surface area contributed by atoms with Crippen molar-refractivity contribution in [1.82, 2.24) is 4.98 Å². The van der Waals surface area contributed by atoms with Crippen LogP contribution in [0.5, 0.6) is 0 Å². The average Bonchev–Trinajstić information content (AvgIpc) is 2.24. The van der Waals surface area contributed by atoms with Crippen molar-refractivity contribution in [3.05, 3.63) is 18.3 Å². The third kappa shape index (κ3) is 6.97. The Morgan fingerprint density at radius 1 is 1.20 bits per heavy atom. The lowest BCUT2D eigenvalue weighted by molar-refractivity contribution is 0.0635. The number of aromatic nitrogens is 1. The second kappa shape index (κ2) is 6.11. The van der Waals surface area contributed by atoms with E-state index in [4.69, 9.17) is 4.74 Å². The SMILES string of the molecule is CC(C)(C)CNc1ccc(NC(=O)OC(C)(C)C)nc1. The van der Waals surface area contributed by atoms with Crippen LogP contribution in [0.1, 0.15) is 41.5 Å². The number of rotatable bonds is 3. The number of hydrogen-bond acceptors (Lipinski definition) is 4. The second-order valence-electron chi connectivity index (χ2n) is 6.97. The summed E-state index contributed by atoms with van der Waals surface area (Å²) in [7, 11) is 0. The number of carbonyl (C=O) groups excluding carboxylic acids is 1. The zero-order valence-corrected chi connectivity index (χ0v) is 13.2. The van der Waals surface area contributed by atoms with Crippen LogP contribution >= 0.6 is 0 Å². The van der Waals surface area contributed by atoms with Crippen molar-refractivity contribution in [3.63, 3.8) is 0 Å². The molecule has 0 saturated heterocycles. The van der Waals surface area contributed by atoms with E-state index in [9.17, 15) is 4.79 Å². The first-order chi connectivity index (χ1) is 9.05. The van der Waals surface area contributed by atoms with Crippen LogP contribution in [-0.4, -0.2) is 23.2 Å². The Kier molecular flexibility index (Phi) is 4.98. The normalized spacial score (nSPS) is 11.9. The summed E-state index contributed by atoms with van der Waals surface area (Å²) in [6.07, 6.45) is 1.19. The number of pyridine rings is 1. The molecule has 0 fully saturated rings. The molecular formula is C15H25N3O2. The second-order valence-corrected chi connectivity index (χ2v) is 6.97. The summed E-state index contributed by atoms with van der Waals surface area (Å²) >= 11 is 0. The first-order valence-electron chi connectivity index (χ1n) is 6.75. The third-order valence-corrected chi connectivity index (χ3v) is 2.22. The van der Waals surface area contributed by atoms with Crippen molar-refractivity contribution in [2.75, 3.05) is 17.2 Å². The quantitative estimate of drug-likeness (QED) is 0.881. The molecule has 0 aromatic carbocycles. The van der Waals surface area contributed by atoms with Gasteiger partial charge in [-0.05, 0) is 38.3 Å². The van der Waals surface area contributed by atoms with Crippen LogP contribution in [-0.2, 0) is 4.74 Å². The molecule has 112 valence electrons. The van der Waals surface area contributed by atoms with Gasteiger partial charge in [-0.15, -0.1) is 0 Å². The van der Waals surface area contributed by atoms with E-state index in [0.717, 1.165) is 12.2 Å². The summed E-state index contributed by atoms with van der Waals surface area (Å²) in [4.78, 5) is 15.8. The smallest absolute Gasteiger partial charge is 0.413 e. The van der Waals surface area contributed by atoms with Gasteiger partial charge in [-0.1, -0.05) is 20.8 Å². The molecule has 5 heteroatoms. The minimum absolute atomic E-state index is 0.202. The van der Waals surface area contributed by atoms with Crippen molar-refractivity contribution in [3.8, 4) is 0 Å². The van der Waals surface area contributed by atoms with Crippen LogP contribution in [0, 0.1) is 5.41 Å². The predicted molar refractivity (Wildman–Crippen MR) is 82.0 cm³/mol. The highest BCUT2D eigenvalue weighted by atomic mass is 16.6. The Morgan fingerprint density at radius 2 is 1.85 bits per heavy atom. The van der Waals surface area contributed by atoms with Crippen LogP contribution < -0.4 is 10.6 Å². The summed E-state index contributed by atoms with van der Waals surface area (Å²) in [5, 5.41) is 5.89. The molecule has 0 bridgehead atoms. The Balaban J connectivity index is 2.52. The average molecular weight is 279 g/mol. The summed E-state index contributed by atoms with van der Waals surface area (Å²) in [6.45, 7) is 12.8. The van der Waals surface area contributed by atoms with Gasteiger partial charge in [0.1, 0.15) is 11.4 Å². The van der Waals surface area contributed by atoms with E-state index in [2.05, 4.69) is 36.4 Å². The Hall–Kier alpha value is -1.78. The third-order valence-electron chi connectivity index (χ3n) is 2.22. The van der Waals surface area contributed by atoms with Crippen LogP contribution in [0.4, 0.5) is 16.3 Å². The maximum atomic E-state index is 11.6. The van der Waals surface area contributed by atoms with Gasteiger partial charge in [0.25, 0.3) is 0 Å². The lowest BCUT2D eigenvalue weighted by Crippen LogP contribution is -2.27. The molecule has 1 amide bonds. The summed E-state index contributed by atoms with van der Waals surface area (Å²) in [6, 6.07) is 3.63. The zero-order valence-electron chi connectivity index (χ0n) is 13.2. The van der Waals surface area contributed by atoms with Gasteiger partial charge < -0.3 is 10.1 Å². The molecule has 0 radical (unpaired) electrons. The van der Waals surface area contributed by atoms with E-state index < -0.39 is 11.7 Å². The number of anilines is 2. The molecule has 1 aromatic rings. The fourth-order valence-electron chi connectivity index (χ4n) is 1.35.